The highest BCUT2D eigenvalue weighted by Crippen LogP contribution is 2.29. The predicted molar refractivity (Wildman–Crippen MR) is 96.5 cm³/mol. The highest BCUT2D eigenvalue weighted by molar-refractivity contribution is 5.78. The Labute approximate surface area is 146 Å². The summed E-state index contributed by atoms with van der Waals surface area (Å²) in [4.78, 5) is 10.9. The summed E-state index contributed by atoms with van der Waals surface area (Å²) < 4.78 is 2.04. The van der Waals surface area contributed by atoms with Crippen LogP contribution in [-0.2, 0) is 13.0 Å². The van der Waals surface area contributed by atoms with Gasteiger partial charge in [-0.1, -0.05) is 12.1 Å². The lowest BCUT2D eigenvalue weighted by molar-refractivity contribution is 0.148. The van der Waals surface area contributed by atoms with Crippen LogP contribution in [-0.4, -0.2) is 50.5 Å². The highest BCUT2D eigenvalue weighted by Gasteiger charge is 2.33. The molecule has 25 heavy (non-hydrogen) atoms. The number of aromatic nitrogens is 3. The zero-order valence-corrected chi connectivity index (χ0v) is 14.0. The number of imidazole rings is 1. The number of hydrogen-bond donors (Lipinski definition) is 2. The summed E-state index contributed by atoms with van der Waals surface area (Å²) in [5.41, 5.74) is 3.11. The molecular weight excluding hydrogens is 316 g/mol. The van der Waals surface area contributed by atoms with E-state index < -0.39 is 6.10 Å². The van der Waals surface area contributed by atoms with Crippen molar-refractivity contribution in [3.8, 4) is 0 Å². The lowest BCUT2D eigenvalue weighted by atomic mass is 9.97. The first kappa shape index (κ1) is 16.1. The lowest BCUT2D eigenvalue weighted by Gasteiger charge is -2.19. The molecule has 6 nitrogen and oxygen atoms in total. The van der Waals surface area contributed by atoms with Crippen LogP contribution in [0.2, 0.25) is 0 Å². The summed E-state index contributed by atoms with van der Waals surface area (Å²) in [5, 5.41) is 20.0. The SMILES string of the molecule is OCCn1c(N2C[C@@H](Cc3ccncc3)[C@H](O)C2)nc2ccccc21. The Morgan fingerprint density at radius 1 is 1.08 bits per heavy atom. The molecule has 6 heteroatoms. The molecule has 0 bridgehead atoms. The lowest BCUT2D eigenvalue weighted by Crippen LogP contribution is -2.25. The molecule has 0 saturated carbocycles. The van der Waals surface area contributed by atoms with E-state index in [1.165, 1.54) is 5.56 Å². The van der Waals surface area contributed by atoms with E-state index >= 15 is 0 Å². The number of fused-ring (bicyclic) bond motifs is 1. The molecule has 0 aliphatic carbocycles. The molecule has 1 aliphatic rings. The number of β-amino-alcohol motifs (C(OH)–C–C–N with tert-alkyl or cyclic N) is 1. The summed E-state index contributed by atoms with van der Waals surface area (Å²) >= 11 is 0. The predicted octanol–water partition coefficient (Wildman–Crippen LogP) is 1.46. The molecule has 2 atom stereocenters. The third-order valence-corrected chi connectivity index (χ3v) is 4.89. The highest BCUT2D eigenvalue weighted by atomic mass is 16.3. The minimum absolute atomic E-state index is 0.0597. The molecule has 3 aromatic rings. The van der Waals surface area contributed by atoms with Crippen molar-refractivity contribution in [1.82, 2.24) is 14.5 Å². The molecule has 1 fully saturated rings. The second kappa shape index (κ2) is 6.82. The van der Waals surface area contributed by atoms with Crippen molar-refractivity contribution in [2.75, 3.05) is 24.6 Å². The Morgan fingerprint density at radius 3 is 2.68 bits per heavy atom. The van der Waals surface area contributed by atoms with Gasteiger partial charge in [-0.2, -0.15) is 0 Å². The molecule has 1 aliphatic heterocycles. The Morgan fingerprint density at radius 2 is 1.88 bits per heavy atom. The van der Waals surface area contributed by atoms with Crippen molar-refractivity contribution >= 4 is 17.0 Å². The maximum absolute atomic E-state index is 10.5. The first-order chi connectivity index (χ1) is 12.3. The van der Waals surface area contributed by atoms with Gasteiger partial charge in [0.25, 0.3) is 0 Å². The van der Waals surface area contributed by atoms with E-state index in [-0.39, 0.29) is 12.5 Å². The second-order valence-corrected chi connectivity index (χ2v) is 6.57. The maximum atomic E-state index is 10.5. The summed E-state index contributed by atoms with van der Waals surface area (Å²) in [6.45, 7) is 1.87. The molecule has 3 heterocycles. The average Bonchev–Trinajstić information content (AvgIpc) is 3.18. The van der Waals surface area contributed by atoms with E-state index in [9.17, 15) is 10.2 Å². The third-order valence-electron chi connectivity index (χ3n) is 4.89. The Kier molecular flexibility index (Phi) is 4.38. The van der Waals surface area contributed by atoms with Crippen LogP contribution in [0.5, 0.6) is 0 Å². The number of benzene rings is 1. The van der Waals surface area contributed by atoms with E-state index in [4.69, 9.17) is 4.98 Å². The minimum atomic E-state index is -0.393. The molecule has 0 radical (unpaired) electrons. The monoisotopic (exact) mass is 338 g/mol. The molecule has 2 aromatic heterocycles. The Balaban J connectivity index is 1.60. The maximum Gasteiger partial charge on any atom is 0.206 e. The molecule has 0 amide bonds. The molecule has 1 saturated heterocycles. The topological polar surface area (TPSA) is 74.4 Å². The van der Waals surface area contributed by atoms with Gasteiger partial charge in [0.15, 0.2) is 0 Å². The first-order valence-corrected chi connectivity index (χ1v) is 8.64. The van der Waals surface area contributed by atoms with Gasteiger partial charge in [-0.25, -0.2) is 4.98 Å². The Hall–Kier alpha value is -2.44. The fourth-order valence-electron chi connectivity index (χ4n) is 3.66. The van der Waals surface area contributed by atoms with Crippen LogP contribution in [0.3, 0.4) is 0 Å². The first-order valence-electron chi connectivity index (χ1n) is 8.64. The van der Waals surface area contributed by atoms with E-state index in [0.717, 1.165) is 29.9 Å². The number of nitrogens with zero attached hydrogens (tertiary/aromatic N) is 4. The fourth-order valence-corrected chi connectivity index (χ4v) is 3.66. The van der Waals surface area contributed by atoms with Crippen molar-refractivity contribution in [2.24, 2.45) is 5.92 Å². The summed E-state index contributed by atoms with van der Waals surface area (Å²) in [6, 6.07) is 11.9. The number of anilines is 1. The van der Waals surface area contributed by atoms with Crippen LogP contribution >= 0.6 is 0 Å². The van der Waals surface area contributed by atoms with Gasteiger partial charge < -0.3 is 19.7 Å². The minimum Gasteiger partial charge on any atom is -0.395 e. The normalized spacial score (nSPS) is 20.5. The standard InChI is InChI=1S/C19H22N4O2/c24-10-9-23-17-4-2-1-3-16(17)21-19(23)22-12-15(18(25)13-22)11-14-5-7-20-8-6-14/h1-8,15,18,24-25H,9-13H2/t15-,18-/m1/s1. The van der Waals surface area contributed by atoms with Gasteiger partial charge in [-0.3, -0.25) is 4.98 Å². The molecule has 0 spiro atoms. The Bertz CT molecular complexity index is 849. The van der Waals surface area contributed by atoms with Gasteiger partial charge in [0.1, 0.15) is 0 Å². The van der Waals surface area contributed by atoms with Crippen LogP contribution in [0.1, 0.15) is 5.56 Å². The molecule has 4 rings (SSSR count). The van der Waals surface area contributed by atoms with Gasteiger partial charge in [0.05, 0.1) is 23.7 Å². The summed E-state index contributed by atoms with van der Waals surface area (Å²) in [6.07, 6.45) is 4.00. The van der Waals surface area contributed by atoms with Crippen LogP contribution in [0.4, 0.5) is 5.95 Å². The molecular formula is C19H22N4O2. The number of rotatable bonds is 5. The summed E-state index contributed by atoms with van der Waals surface area (Å²) in [5.74, 6) is 0.983. The fraction of sp³-hybridized carbons (Fsp3) is 0.368. The number of aliphatic hydroxyl groups is 2. The molecule has 1 aromatic carbocycles. The quantitative estimate of drug-likeness (QED) is 0.737. The van der Waals surface area contributed by atoms with E-state index in [1.54, 1.807) is 12.4 Å². The van der Waals surface area contributed by atoms with E-state index in [1.807, 2.05) is 41.0 Å². The molecule has 130 valence electrons. The molecule has 2 N–H and O–H groups in total. The van der Waals surface area contributed by atoms with Gasteiger partial charge >= 0.3 is 0 Å². The van der Waals surface area contributed by atoms with Crippen molar-refractivity contribution in [3.63, 3.8) is 0 Å². The van der Waals surface area contributed by atoms with Gasteiger partial charge in [-0.05, 0) is 36.2 Å². The number of aliphatic hydroxyl groups excluding tert-OH is 2. The number of pyridine rings is 1. The molecule has 0 unspecified atom stereocenters. The van der Waals surface area contributed by atoms with Crippen molar-refractivity contribution in [2.45, 2.75) is 19.1 Å². The van der Waals surface area contributed by atoms with Crippen molar-refractivity contribution in [1.29, 1.82) is 0 Å². The van der Waals surface area contributed by atoms with Gasteiger partial charge in [0.2, 0.25) is 5.95 Å². The zero-order chi connectivity index (χ0) is 17.2. The van der Waals surface area contributed by atoms with Crippen LogP contribution < -0.4 is 4.90 Å². The largest absolute Gasteiger partial charge is 0.395 e. The van der Waals surface area contributed by atoms with Gasteiger partial charge in [0, 0.05) is 37.9 Å². The van der Waals surface area contributed by atoms with Crippen molar-refractivity contribution in [3.05, 3.63) is 54.4 Å². The summed E-state index contributed by atoms with van der Waals surface area (Å²) in [7, 11) is 0. The average molecular weight is 338 g/mol. The zero-order valence-electron chi connectivity index (χ0n) is 14.0. The van der Waals surface area contributed by atoms with Crippen molar-refractivity contribution < 1.29 is 10.2 Å². The third kappa shape index (κ3) is 3.10. The van der Waals surface area contributed by atoms with Crippen LogP contribution in [0, 0.1) is 5.92 Å². The van der Waals surface area contributed by atoms with Gasteiger partial charge in [-0.15, -0.1) is 0 Å². The van der Waals surface area contributed by atoms with E-state index in [0.29, 0.717) is 13.1 Å². The number of hydrogen-bond acceptors (Lipinski definition) is 5. The second-order valence-electron chi connectivity index (χ2n) is 6.57. The van der Waals surface area contributed by atoms with Crippen LogP contribution in [0.25, 0.3) is 11.0 Å². The van der Waals surface area contributed by atoms with E-state index in [2.05, 4.69) is 9.88 Å². The number of para-hydroxylation sites is 2. The smallest absolute Gasteiger partial charge is 0.206 e. The van der Waals surface area contributed by atoms with Crippen LogP contribution in [0.15, 0.2) is 48.8 Å².